The summed E-state index contributed by atoms with van der Waals surface area (Å²) < 4.78 is 0. The maximum atomic E-state index is 12.5. The SMILES string of the molecule is CCCCC(=O)Nc1ccc(C)cc1NC(=O)[C@H](C)CN(C)C(C)C. The molecule has 1 rings (SSSR count). The summed E-state index contributed by atoms with van der Waals surface area (Å²) in [6, 6.07) is 6.06. The average Bonchev–Trinajstić information content (AvgIpc) is 2.55. The van der Waals surface area contributed by atoms with Gasteiger partial charge in [-0.05, 0) is 51.9 Å². The van der Waals surface area contributed by atoms with Crippen LogP contribution in [0.15, 0.2) is 18.2 Å². The summed E-state index contributed by atoms with van der Waals surface area (Å²) in [4.78, 5) is 26.7. The highest BCUT2D eigenvalue weighted by atomic mass is 16.2. The molecule has 1 atom stereocenters. The summed E-state index contributed by atoms with van der Waals surface area (Å²) in [5, 5.41) is 5.89. The van der Waals surface area contributed by atoms with E-state index in [0.29, 0.717) is 30.4 Å². The van der Waals surface area contributed by atoms with Crippen LogP contribution < -0.4 is 10.6 Å². The Morgan fingerprint density at radius 3 is 2.40 bits per heavy atom. The van der Waals surface area contributed by atoms with Crippen molar-refractivity contribution in [3.05, 3.63) is 23.8 Å². The number of unbranched alkanes of at least 4 members (excludes halogenated alkanes) is 1. The molecule has 140 valence electrons. The molecule has 5 nitrogen and oxygen atoms in total. The lowest BCUT2D eigenvalue weighted by Gasteiger charge is -2.24. The van der Waals surface area contributed by atoms with E-state index in [0.717, 1.165) is 18.4 Å². The maximum absolute atomic E-state index is 12.5. The first-order valence-electron chi connectivity index (χ1n) is 9.16. The molecule has 0 unspecified atom stereocenters. The summed E-state index contributed by atoms with van der Waals surface area (Å²) in [6.45, 7) is 10.8. The van der Waals surface area contributed by atoms with Gasteiger partial charge in [-0.15, -0.1) is 0 Å². The first-order chi connectivity index (χ1) is 11.7. The van der Waals surface area contributed by atoms with Gasteiger partial charge in [0.05, 0.1) is 11.4 Å². The van der Waals surface area contributed by atoms with Gasteiger partial charge in [0.2, 0.25) is 11.8 Å². The summed E-state index contributed by atoms with van der Waals surface area (Å²) in [6.07, 6.45) is 2.33. The molecule has 0 saturated carbocycles. The minimum absolute atomic E-state index is 0.0196. The van der Waals surface area contributed by atoms with Gasteiger partial charge in [0.25, 0.3) is 0 Å². The molecule has 0 aliphatic heterocycles. The highest BCUT2D eigenvalue weighted by Crippen LogP contribution is 2.24. The Morgan fingerprint density at radius 1 is 1.12 bits per heavy atom. The van der Waals surface area contributed by atoms with E-state index in [4.69, 9.17) is 0 Å². The number of aryl methyl sites for hydroxylation is 1. The van der Waals surface area contributed by atoms with Crippen LogP contribution in [-0.4, -0.2) is 36.3 Å². The van der Waals surface area contributed by atoms with Crippen molar-refractivity contribution in [1.82, 2.24) is 4.90 Å². The maximum Gasteiger partial charge on any atom is 0.228 e. The summed E-state index contributed by atoms with van der Waals surface area (Å²) in [5.74, 6) is -0.201. The smallest absolute Gasteiger partial charge is 0.228 e. The van der Waals surface area contributed by atoms with E-state index in [1.807, 2.05) is 39.1 Å². The number of rotatable bonds is 9. The zero-order valence-corrected chi connectivity index (χ0v) is 16.5. The number of carbonyl (C=O) groups excluding carboxylic acids is 2. The van der Waals surface area contributed by atoms with Crippen molar-refractivity contribution < 1.29 is 9.59 Å². The van der Waals surface area contributed by atoms with Gasteiger partial charge < -0.3 is 15.5 Å². The molecule has 0 saturated heterocycles. The molecule has 0 heterocycles. The number of hydrogen-bond acceptors (Lipinski definition) is 3. The van der Waals surface area contributed by atoms with Crippen LogP contribution in [0.25, 0.3) is 0 Å². The zero-order chi connectivity index (χ0) is 19.0. The second kappa shape index (κ2) is 10.2. The second-order valence-corrected chi connectivity index (χ2v) is 7.12. The molecular weight excluding hydrogens is 314 g/mol. The Bertz CT molecular complexity index is 584. The Morgan fingerprint density at radius 2 is 1.80 bits per heavy atom. The summed E-state index contributed by atoms with van der Waals surface area (Å²) in [5.41, 5.74) is 2.35. The van der Waals surface area contributed by atoms with Crippen molar-refractivity contribution in [3.8, 4) is 0 Å². The Kier molecular flexibility index (Phi) is 8.62. The minimum Gasteiger partial charge on any atom is -0.324 e. The summed E-state index contributed by atoms with van der Waals surface area (Å²) >= 11 is 0. The van der Waals surface area contributed by atoms with Crippen LogP contribution in [0.2, 0.25) is 0 Å². The number of hydrogen-bond donors (Lipinski definition) is 2. The average molecular weight is 348 g/mol. The van der Waals surface area contributed by atoms with E-state index in [-0.39, 0.29) is 17.7 Å². The minimum atomic E-state index is -0.142. The highest BCUT2D eigenvalue weighted by Gasteiger charge is 2.18. The number of nitrogens with one attached hydrogen (secondary N) is 2. The number of amides is 2. The number of nitrogens with zero attached hydrogens (tertiary/aromatic N) is 1. The number of carbonyl (C=O) groups is 2. The molecule has 0 bridgehead atoms. The van der Waals surface area contributed by atoms with Crippen LogP contribution in [0.3, 0.4) is 0 Å². The van der Waals surface area contributed by atoms with Crippen molar-refractivity contribution in [2.45, 2.75) is 59.9 Å². The molecule has 0 aliphatic rings. The molecule has 1 aromatic carbocycles. The van der Waals surface area contributed by atoms with Crippen LogP contribution in [-0.2, 0) is 9.59 Å². The van der Waals surface area contributed by atoms with Crippen LogP contribution in [0, 0.1) is 12.8 Å². The lowest BCUT2D eigenvalue weighted by atomic mass is 10.1. The lowest BCUT2D eigenvalue weighted by Crippen LogP contribution is -2.35. The molecule has 0 spiro atoms. The van der Waals surface area contributed by atoms with Gasteiger partial charge in [0, 0.05) is 24.9 Å². The Balaban J connectivity index is 2.80. The largest absolute Gasteiger partial charge is 0.324 e. The van der Waals surface area contributed by atoms with Gasteiger partial charge >= 0.3 is 0 Å². The van der Waals surface area contributed by atoms with Crippen molar-refractivity contribution in [2.75, 3.05) is 24.2 Å². The molecule has 0 radical (unpaired) electrons. The van der Waals surface area contributed by atoms with Crippen molar-refractivity contribution in [3.63, 3.8) is 0 Å². The lowest BCUT2D eigenvalue weighted by molar-refractivity contribution is -0.120. The second-order valence-electron chi connectivity index (χ2n) is 7.12. The third-order valence-electron chi connectivity index (χ3n) is 4.36. The van der Waals surface area contributed by atoms with E-state index in [2.05, 4.69) is 36.3 Å². The first kappa shape index (κ1) is 21.2. The molecule has 2 N–H and O–H groups in total. The molecule has 5 heteroatoms. The van der Waals surface area contributed by atoms with E-state index in [1.165, 1.54) is 0 Å². The summed E-state index contributed by atoms with van der Waals surface area (Å²) in [7, 11) is 2.01. The predicted octanol–water partition coefficient (Wildman–Crippen LogP) is 4.04. The molecule has 0 aliphatic carbocycles. The highest BCUT2D eigenvalue weighted by molar-refractivity contribution is 6.00. The topological polar surface area (TPSA) is 61.4 Å². The van der Waals surface area contributed by atoms with Crippen LogP contribution in [0.1, 0.15) is 52.5 Å². The van der Waals surface area contributed by atoms with Crippen molar-refractivity contribution in [2.24, 2.45) is 5.92 Å². The van der Waals surface area contributed by atoms with Crippen LogP contribution in [0.5, 0.6) is 0 Å². The van der Waals surface area contributed by atoms with Crippen molar-refractivity contribution >= 4 is 23.2 Å². The predicted molar refractivity (Wildman–Crippen MR) is 105 cm³/mol. The third-order valence-corrected chi connectivity index (χ3v) is 4.36. The number of benzene rings is 1. The normalized spacial score (nSPS) is 12.3. The molecule has 2 amide bonds. The van der Waals surface area contributed by atoms with Crippen LogP contribution >= 0.6 is 0 Å². The molecule has 25 heavy (non-hydrogen) atoms. The monoisotopic (exact) mass is 347 g/mol. The van der Waals surface area contributed by atoms with Crippen molar-refractivity contribution in [1.29, 1.82) is 0 Å². The van der Waals surface area contributed by atoms with E-state index >= 15 is 0 Å². The zero-order valence-electron chi connectivity index (χ0n) is 16.5. The standard InChI is InChI=1S/C20H33N3O2/c1-7-8-9-19(24)21-17-11-10-15(4)12-18(17)22-20(25)16(5)13-23(6)14(2)3/h10-12,14,16H,7-9,13H2,1-6H3,(H,21,24)(H,22,25)/t16-/m1/s1. The fourth-order valence-electron chi connectivity index (χ4n) is 2.40. The first-order valence-corrected chi connectivity index (χ1v) is 9.16. The van der Waals surface area contributed by atoms with Crippen LogP contribution in [0.4, 0.5) is 11.4 Å². The van der Waals surface area contributed by atoms with E-state index < -0.39 is 0 Å². The quantitative estimate of drug-likeness (QED) is 0.709. The van der Waals surface area contributed by atoms with E-state index in [9.17, 15) is 9.59 Å². The van der Waals surface area contributed by atoms with Gasteiger partial charge in [-0.1, -0.05) is 26.3 Å². The third kappa shape index (κ3) is 7.26. The van der Waals surface area contributed by atoms with E-state index in [1.54, 1.807) is 0 Å². The Labute approximate surface area is 152 Å². The van der Waals surface area contributed by atoms with Gasteiger partial charge in [-0.3, -0.25) is 9.59 Å². The Hall–Kier alpha value is -1.88. The molecule has 0 aromatic heterocycles. The van der Waals surface area contributed by atoms with Gasteiger partial charge in [0.1, 0.15) is 0 Å². The number of anilines is 2. The molecular formula is C20H33N3O2. The van der Waals surface area contributed by atoms with Gasteiger partial charge in [-0.25, -0.2) is 0 Å². The van der Waals surface area contributed by atoms with Gasteiger partial charge in [0.15, 0.2) is 0 Å². The molecule has 0 fully saturated rings. The molecule has 1 aromatic rings. The fraction of sp³-hybridized carbons (Fsp3) is 0.600. The fourth-order valence-corrected chi connectivity index (χ4v) is 2.40. The van der Waals surface area contributed by atoms with Gasteiger partial charge in [-0.2, -0.15) is 0 Å².